The van der Waals surface area contributed by atoms with Crippen LogP contribution in [0, 0.1) is 5.92 Å². The van der Waals surface area contributed by atoms with Crippen molar-refractivity contribution in [2.24, 2.45) is 5.92 Å². The number of nitrogens with one attached hydrogen (secondary N) is 2. The molecule has 0 amide bonds. The first kappa shape index (κ1) is 15.9. The number of H-pyrrole nitrogens is 1. The van der Waals surface area contributed by atoms with Crippen LogP contribution in [0.15, 0.2) is 18.2 Å². The van der Waals surface area contributed by atoms with Gasteiger partial charge in [-0.2, -0.15) is 0 Å². The second kappa shape index (κ2) is 6.64. The molecule has 3 heteroatoms. The Labute approximate surface area is 138 Å². The van der Waals surface area contributed by atoms with E-state index < -0.39 is 0 Å². The zero-order valence-corrected chi connectivity index (χ0v) is 14.6. The van der Waals surface area contributed by atoms with Gasteiger partial charge in [0.05, 0.1) is 0 Å². The summed E-state index contributed by atoms with van der Waals surface area (Å²) >= 11 is 6.23. The molecule has 1 aromatic carbocycles. The van der Waals surface area contributed by atoms with Crippen LogP contribution in [0.1, 0.15) is 57.2 Å². The maximum atomic E-state index is 6.23. The first-order chi connectivity index (χ1) is 10.6. The number of aromatic nitrogens is 1. The molecular formula is C19H27ClN2. The van der Waals surface area contributed by atoms with Crippen molar-refractivity contribution in [2.45, 2.75) is 58.4 Å². The van der Waals surface area contributed by atoms with Gasteiger partial charge in [0.25, 0.3) is 0 Å². The van der Waals surface area contributed by atoms with Gasteiger partial charge in [0.15, 0.2) is 0 Å². The van der Waals surface area contributed by atoms with E-state index in [1.807, 2.05) is 6.07 Å². The summed E-state index contributed by atoms with van der Waals surface area (Å²) in [5.41, 5.74) is 4.11. The molecule has 2 N–H and O–H groups in total. The van der Waals surface area contributed by atoms with Crippen LogP contribution in [0.25, 0.3) is 10.9 Å². The average molecular weight is 319 g/mol. The molecule has 1 saturated carbocycles. The van der Waals surface area contributed by atoms with Crippen molar-refractivity contribution in [2.75, 3.05) is 6.54 Å². The Bertz CT molecular complexity index is 640. The summed E-state index contributed by atoms with van der Waals surface area (Å²) in [4.78, 5) is 3.70. The highest BCUT2D eigenvalue weighted by Crippen LogP contribution is 2.34. The number of fused-ring (bicyclic) bond motifs is 1. The SMILES string of the molecule is CCCc1c(C(CNC2CC2)C(C)C)[nH]c2ccc(Cl)cc12. The summed E-state index contributed by atoms with van der Waals surface area (Å²) in [5.74, 6) is 1.15. The van der Waals surface area contributed by atoms with Crippen LogP contribution in [-0.4, -0.2) is 17.6 Å². The van der Waals surface area contributed by atoms with Gasteiger partial charge in [0, 0.05) is 40.1 Å². The fourth-order valence-electron chi connectivity index (χ4n) is 3.33. The Hall–Kier alpha value is -0.990. The third-order valence-corrected chi connectivity index (χ3v) is 5.02. The highest BCUT2D eigenvalue weighted by Gasteiger charge is 2.26. The van der Waals surface area contributed by atoms with E-state index in [9.17, 15) is 0 Å². The van der Waals surface area contributed by atoms with Crippen molar-refractivity contribution in [3.63, 3.8) is 0 Å². The second-order valence-electron chi connectivity index (χ2n) is 6.99. The molecule has 120 valence electrons. The molecule has 0 radical (unpaired) electrons. The number of benzene rings is 1. The van der Waals surface area contributed by atoms with E-state index in [0.717, 1.165) is 30.5 Å². The summed E-state index contributed by atoms with van der Waals surface area (Å²) in [6.45, 7) is 7.97. The Morgan fingerprint density at radius 1 is 1.32 bits per heavy atom. The summed E-state index contributed by atoms with van der Waals surface area (Å²) in [7, 11) is 0. The lowest BCUT2D eigenvalue weighted by atomic mass is 9.88. The van der Waals surface area contributed by atoms with Crippen molar-refractivity contribution in [1.29, 1.82) is 0 Å². The Morgan fingerprint density at radius 3 is 2.73 bits per heavy atom. The van der Waals surface area contributed by atoms with Gasteiger partial charge < -0.3 is 10.3 Å². The molecule has 1 fully saturated rings. The molecule has 1 unspecified atom stereocenters. The molecule has 3 rings (SSSR count). The van der Waals surface area contributed by atoms with Gasteiger partial charge in [-0.25, -0.2) is 0 Å². The van der Waals surface area contributed by atoms with Crippen molar-refractivity contribution in [1.82, 2.24) is 10.3 Å². The predicted octanol–water partition coefficient (Wildman–Crippen LogP) is 5.27. The molecule has 1 aliphatic carbocycles. The lowest BCUT2D eigenvalue weighted by Gasteiger charge is -2.22. The lowest BCUT2D eigenvalue weighted by molar-refractivity contribution is 0.451. The van der Waals surface area contributed by atoms with Gasteiger partial charge in [0.2, 0.25) is 0 Å². The molecule has 0 bridgehead atoms. The zero-order valence-electron chi connectivity index (χ0n) is 13.9. The minimum atomic E-state index is 0.535. The predicted molar refractivity (Wildman–Crippen MR) is 95.9 cm³/mol. The first-order valence-corrected chi connectivity index (χ1v) is 9.01. The van der Waals surface area contributed by atoms with Crippen LogP contribution < -0.4 is 5.32 Å². The lowest BCUT2D eigenvalue weighted by Crippen LogP contribution is -2.27. The molecule has 0 aliphatic heterocycles. The third kappa shape index (κ3) is 3.33. The third-order valence-electron chi connectivity index (χ3n) is 4.78. The van der Waals surface area contributed by atoms with Gasteiger partial charge in [-0.15, -0.1) is 0 Å². The fourth-order valence-corrected chi connectivity index (χ4v) is 3.50. The Balaban J connectivity index is 1.99. The summed E-state index contributed by atoms with van der Waals surface area (Å²) in [6, 6.07) is 6.97. The Kier molecular flexibility index (Phi) is 4.79. The molecular weight excluding hydrogens is 292 g/mol. The van der Waals surface area contributed by atoms with E-state index in [2.05, 4.69) is 43.2 Å². The van der Waals surface area contributed by atoms with Crippen LogP contribution in [0.5, 0.6) is 0 Å². The van der Waals surface area contributed by atoms with Gasteiger partial charge in [-0.1, -0.05) is 38.8 Å². The standard InChI is InChI=1S/C19H27ClN2/c1-4-5-15-16-10-13(20)6-9-18(16)22-19(15)17(12(2)3)11-21-14-7-8-14/h6,9-10,12,14,17,21-22H,4-5,7-8,11H2,1-3H3. The van der Waals surface area contributed by atoms with E-state index in [-0.39, 0.29) is 0 Å². The number of aromatic amines is 1. The van der Waals surface area contributed by atoms with Crippen LogP contribution in [0.4, 0.5) is 0 Å². The maximum Gasteiger partial charge on any atom is 0.0460 e. The molecule has 1 atom stereocenters. The molecule has 0 spiro atoms. The van der Waals surface area contributed by atoms with E-state index >= 15 is 0 Å². The van der Waals surface area contributed by atoms with Crippen molar-refractivity contribution in [3.05, 3.63) is 34.5 Å². The molecule has 2 nitrogen and oxygen atoms in total. The number of aryl methyl sites for hydroxylation is 1. The average Bonchev–Trinajstić information content (AvgIpc) is 3.23. The molecule has 1 aliphatic rings. The van der Waals surface area contributed by atoms with Gasteiger partial charge in [0.1, 0.15) is 0 Å². The monoisotopic (exact) mass is 318 g/mol. The Morgan fingerprint density at radius 2 is 2.09 bits per heavy atom. The molecule has 22 heavy (non-hydrogen) atoms. The normalized spacial score (nSPS) is 16.6. The van der Waals surface area contributed by atoms with Crippen molar-refractivity contribution in [3.8, 4) is 0 Å². The first-order valence-electron chi connectivity index (χ1n) is 8.63. The number of hydrogen-bond acceptors (Lipinski definition) is 1. The van der Waals surface area contributed by atoms with Crippen molar-refractivity contribution >= 4 is 22.5 Å². The fraction of sp³-hybridized carbons (Fsp3) is 0.579. The van der Waals surface area contributed by atoms with Gasteiger partial charge >= 0.3 is 0 Å². The smallest absolute Gasteiger partial charge is 0.0460 e. The van der Waals surface area contributed by atoms with E-state index in [1.165, 1.54) is 35.0 Å². The minimum absolute atomic E-state index is 0.535. The summed E-state index contributed by atoms with van der Waals surface area (Å²) < 4.78 is 0. The van der Waals surface area contributed by atoms with Gasteiger partial charge in [-0.05, 0) is 48.9 Å². The second-order valence-corrected chi connectivity index (χ2v) is 7.43. The van der Waals surface area contributed by atoms with E-state index in [1.54, 1.807) is 0 Å². The van der Waals surface area contributed by atoms with Crippen LogP contribution >= 0.6 is 11.6 Å². The summed E-state index contributed by atoms with van der Waals surface area (Å²) in [5, 5.41) is 5.85. The molecule has 1 heterocycles. The van der Waals surface area contributed by atoms with Crippen molar-refractivity contribution < 1.29 is 0 Å². The highest BCUT2D eigenvalue weighted by molar-refractivity contribution is 6.31. The molecule has 1 aromatic heterocycles. The van der Waals surface area contributed by atoms with E-state index in [4.69, 9.17) is 11.6 Å². The largest absolute Gasteiger partial charge is 0.358 e. The van der Waals surface area contributed by atoms with Crippen LogP contribution in [-0.2, 0) is 6.42 Å². The minimum Gasteiger partial charge on any atom is -0.358 e. The molecule has 2 aromatic rings. The zero-order chi connectivity index (χ0) is 15.7. The summed E-state index contributed by atoms with van der Waals surface area (Å²) in [6.07, 6.45) is 4.96. The number of halogens is 1. The molecule has 0 saturated heterocycles. The quantitative estimate of drug-likeness (QED) is 0.715. The topological polar surface area (TPSA) is 27.8 Å². The number of hydrogen-bond donors (Lipinski definition) is 2. The van der Waals surface area contributed by atoms with E-state index in [0.29, 0.717) is 11.8 Å². The number of rotatable bonds is 7. The maximum absolute atomic E-state index is 6.23. The van der Waals surface area contributed by atoms with Crippen LogP contribution in [0.3, 0.4) is 0 Å². The highest BCUT2D eigenvalue weighted by atomic mass is 35.5. The van der Waals surface area contributed by atoms with Gasteiger partial charge in [-0.3, -0.25) is 0 Å². The van der Waals surface area contributed by atoms with Crippen LogP contribution in [0.2, 0.25) is 5.02 Å².